The molecule has 1 aliphatic carbocycles. The minimum absolute atomic E-state index is 0. The third kappa shape index (κ3) is 6.39. The molecular formula is C28H34Cl2N6O4S. The number of thiazole rings is 1. The summed E-state index contributed by atoms with van der Waals surface area (Å²) in [6, 6.07) is 6.34. The van der Waals surface area contributed by atoms with Crippen molar-refractivity contribution in [2.45, 2.75) is 56.8 Å². The number of hydrogen-bond acceptors (Lipinski definition) is 7. The van der Waals surface area contributed by atoms with Crippen LogP contribution < -0.4 is 10.6 Å². The molecule has 1 saturated heterocycles. The molecule has 4 atom stereocenters. The minimum Gasteiger partial charge on any atom is -0.391 e. The second kappa shape index (κ2) is 12.3. The minimum atomic E-state index is -0.490. The van der Waals surface area contributed by atoms with Crippen LogP contribution in [0.25, 0.3) is 10.9 Å². The van der Waals surface area contributed by atoms with Gasteiger partial charge in [-0.05, 0) is 57.0 Å². The molecule has 0 bridgehead atoms. The molecule has 2 aromatic heterocycles. The van der Waals surface area contributed by atoms with Gasteiger partial charge < -0.3 is 30.5 Å². The lowest BCUT2D eigenvalue weighted by Gasteiger charge is -2.37. The molecule has 2 fully saturated rings. The average Bonchev–Trinajstić information content (AvgIpc) is 3.66. The lowest BCUT2D eigenvalue weighted by Crippen LogP contribution is -2.56. The first-order chi connectivity index (χ1) is 19.2. The number of nitrogens with zero attached hydrogens (tertiary/aromatic N) is 3. The van der Waals surface area contributed by atoms with E-state index in [-0.39, 0.29) is 42.1 Å². The number of likely N-dealkylation sites (tertiary alicyclic amines) is 1. The molecule has 4 heterocycles. The highest BCUT2D eigenvalue weighted by Gasteiger charge is 2.39. The van der Waals surface area contributed by atoms with Crippen LogP contribution in [-0.2, 0) is 17.8 Å². The van der Waals surface area contributed by atoms with Crippen LogP contribution in [0, 0.1) is 5.92 Å². The lowest BCUT2D eigenvalue weighted by molar-refractivity contribution is -0.136. The van der Waals surface area contributed by atoms with Crippen LogP contribution in [0.2, 0.25) is 5.02 Å². The first kappa shape index (κ1) is 29.8. The highest BCUT2D eigenvalue weighted by molar-refractivity contribution is 7.13. The molecule has 13 heteroatoms. The van der Waals surface area contributed by atoms with E-state index in [1.54, 1.807) is 23.1 Å². The maximum absolute atomic E-state index is 13.4. The van der Waals surface area contributed by atoms with Crippen molar-refractivity contribution in [2.75, 3.05) is 26.7 Å². The SMILES string of the molecule is CN1CCc2nc(C(=O)NC3CC(C(=O)N4CC[C@@H](O)C4)CCC3NC(=O)c3cc4cc(Cl)ccc4[nH]3)sc2C1.Cl. The van der Waals surface area contributed by atoms with Crippen LogP contribution in [0.5, 0.6) is 0 Å². The second-order valence-electron chi connectivity index (χ2n) is 11.2. The highest BCUT2D eigenvalue weighted by atomic mass is 35.5. The van der Waals surface area contributed by atoms with Gasteiger partial charge >= 0.3 is 0 Å². The summed E-state index contributed by atoms with van der Waals surface area (Å²) in [6.45, 7) is 2.56. The largest absolute Gasteiger partial charge is 0.391 e. The summed E-state index contributed by atoms with van der Waals surface area (Å²) in [5.41, 5.74) is 2.18. The number of benzene rings is 1. The summed E-state index contributed by atoms with van der Waals surface area (Å²) >= 11 is 7.52. The van der Waals surface area contributed by atoms with E-state index in [2.05, 4.69) is 32.5 Å². The summed E-state index contributed by atoms with van der Waals surface area (Å²) < 4.78 is 0. The monoisotopic (exact) mass is 620 g/mol. The molecule has 4 N–H and O–H groups in total. The van der Waals surface area contributed by atoms with Gasteiger partial charge in [-0.1, -0.05) is 11.6 Å². The van der Waals surface area contributed by atoms with Gasteiger partial charge in [-0.15, -0.1) is 23.7 Å². The Morgan fingerprint density at radius 1 is 1.10 bits per heavy atom. The zero-order valence-corrected chi connectivity index (χ0v) is 25.1. The number of β-amino-alcohol motifs (C(OH)–C–C–N with tert-alkyl or cyclic N) is 1. The quantitative estimate of drug-likeness (QED) is 0.347. The Morgan fingerprint density at radius 3 is 2.68 bits per heavy atom. The number of hydrogen-bond donors (Lipinski definition) is 4. The summed E-state index contributed by atoms with van der Waals surface area (Å²) in [6.07, 6.45) is 2.43. The number of aromatic amines is 1. The number of likely N-dealkylation sites (N-methyl/N-ethyl adjacent to an activating group) is 1. The van der Waals surface area contributed by atoms with E-state index in [1.165, 1.54) is 11.3 Å². The molecule has 1 saturated carbocycles. The first-order valence-electron chi connectivity index (χ1n) is 13.8. The number of carbonyl (C=O) groups is 3. The first-order valence-corrected chi connectivity index (χ1v) is 15.0. The van der Waals surface area contributed by atoms with Crippen molar-refractivity contribution in [2.24, 2.45) is 5.92 Å². The molecule has 3 amide bonds. The van der Waals surface area contributed by atoms with Gasteiger partial charge in [0.25, 0.3) is 11.8 Å². The van der Waals surface area contributed by atoms with Crippen LogP contribution in [-0.4, -0.2) is 87.5 Å². The number of aliphatic hydroxyl groups excluding tert-OH is 1. The summed E-state index contributed by atoms with van der Waals surface area (Å²) in [5.74, 6) is -0.856. The number of nitrogens with one attached hydrogen (secondary N) is 3. The van der Waals surface area contributed by atoms with Crippen molar-refractivity contribution in [1.82, 2.24) is 30.4 Å². The zero-order chi connectivity index (χ0) is 28.0. The van der Waals surface area contributed by atoms with E-state index < -0.39 is 12.1 Å². The molecule has 3 aromatic rings. The molecule has 2 aliphatic heterocycles. The van der Waals surface area contributed by atoms with Crippen molar-refractivity contribution in [3.63, 3.8) is 0 Å². The van der Waals surface area contributed by atoms with E-state index in [0.717, 1.165) is 41.0 Å². The fourth-order valence-electron chi connectivity index (χ4n) is 6.05. The average molecular weight is 622 g/mol. The van der Waals surface area contributed by atoms with E-state index in [1.807, 2.05) is 6.07 Å². The lowest BCUT2D eigenvalue weighted by atomic mass is 9.81. The molecule has 220 valence electrons. The van der Waals surface area contributed by atoms with E-state index >= 15 is 0 Å². The summed E-state index contributed by atoms with van der Waals surface area (Å²) in [5, 5.41) is 18.0. The Hall–Kier alpha value is -2.70. The normalized spacial score (nSPS) is 24.5. The Bertz CT molecular complexity index is 1460. The van der Waals surface area contributed by atoms with Crippen LogP contribution in [0.1, 0.15) is 56.5 Å². The molecule has 3 unspecified atom stereocenters. The predicted octanol–water partition coefficient (Wildman–Crippen LogP) is 2.98. The van der Waals surface area contributed by atoms with Crippen LogP contribution >= 0.6 is 35.3 Å². The molecular weight excluding hydrogens is 587 g/mol. The molecule has 0 radical (unpaired) electrons. The van der Waals surface area contributed by atoms with Crippen LogP contribution in [0.3, 0.4) is 0 Å². The van der Waals surface area contributed by atoms with Gasteiger partial charge in [0.1, 0.15) is 5.69 Å². The topological polar surface area (TPSA) is 131 Å². The Balaban J connectivity index is 0.00000337. The molecule has 41 heavy (non-hydrogen) atoms. The number of amides is 3. The maximum Gasteiger partial charge on any atom is 0.280 e. The zero-order valence-electron chi connectivity index (χ0n) is 22.7. The summed E-state index contributed by atoms with van der Waals surface area (Å²) in [4.78, 5) is 52.7. The van der Waals surface area contributed by atoms with Crippen molar-refractivity contribution in [3.8, 4) is 0 Å². The molecule has 6 rings (SSSR count). The van der Waals surface area contributed by atoms with Crippen molar-refractivity contribution >= 4 is 64.0 Å². The Morgan fingerprint density at radius 2 is 1.90 bits per heavy atom. The van der Waals surface area contributed by atoms with E-state index in [0.29, 0.717) is 54.5 Å². The number of rotatable bonds is 5. The van der Waals surface area contributed by atoms with Crippen LogP contribution in [0.4, 0.5) is 0 Å². The Kier molecular flexibility index (Phi) is 8.91. The van der Waals surface area contributed by atoms with Crippen molar-refractivity contribution in [1.29, 1.82) is 0 Å². The molecule has 10 nitrogen and oxygen atoms in total. The predicted molar refractivity (Wildman–Crippen MR) is 160 cm³/mol. The van der Waals surface area contributed by atoms with Gasteiger partial charge in [-0.25, -0.2) is 4.98 Å². The van der Waals surface area contributed by atoms with Crippen molar-refractivity contribution in [3.05, 3.63) is 50.6 Å². The van der Waals surface area contributed by atoms with E-state index in [9.17, 15) is 19.5 Å². The van der Waals surface area contributed by atoms with Crippen molar-refractivity contribution < 1.29 is 19.5 Å². The third-order valence-electron chi connectivity index (χ3n) is 8.25. The molecule has 3 aliphatic rings. The summed E-state index contributed by atoms with van der Waals surface area (Å²) in [7, 11) is 2.05. The second-order valence-corrected chi connectivity index (χ2v) is 12.7. The van der Waals surface area contributed by atoms with E-state index in [4.69, 9.17) is 11.6 Å². The highest BCUT2D eigenvalue weighted by Crippen LogP contribution is 2.30. The molecule has 1 aromatic carbocycles. The smallest absolute Gasteiger partial charge is 0.280 e. The van der Waals surface area contributed by atoms with Crippen LogP contribution in [0.15, 0.2) is 24.3 Å². The number of halogens is 2. The number of aromatic nitrogens is 2. The van der Waals surface area contributed by atoms with Gasteiger partial charge in [0, 0.05) is 65.4 Å². The van der Waals surface area contributed by atoms with Gasteiger partial charge in [0.15, 0.2) is 5.01 Å². The molecule has 0 spiro atoms. The maximum atomic E-state index is 13.4. The fraction of sp³-hybridized carbons (Fsp3) is 0.500. The Labute approximate surface area is 253 Å². The van der Waals surface area contributed by atoms with Gasteiger partial charge in [-0.3, -0.25) is 14.4 Å². The van der Waals surface area contributed by atoms with Gasteiger partial charge in [0.05, 0.1) is 17.8 Å². The number of carbonyl (C=O) groups excluding carboxylic acids is 3. The third-order valence-corrected chi connectivity index (χ3v) is 9.57. The number of fused-ring (bicyclic) bond motifs is 2. The number of aliphatic hydroxyl groups is 1. The van der Waals surface area contributed by atoms with Gasteiger partial charge in [0.2, 0.25) is 5.91 Å². The van der Waals surface area contributed by atoms with Gasteiger partial charge in [-0.2, -0.15) is 0 Å². The number of H-pyrrole nitrogens is 1. The standard InChI is InChI=1S/C28H33ClN6O4S.ClH/c1-34-8-7-21-24(14-34)40-27(33-21)26(38)32-22-11-15(28(39)35-9-6-18(36)13-35)2-4-20(22)31-25(37)23-12-16-10-17(29)3-5-19(16)30-23;/h3,5,10,12,15,18,20,22,30,36H,2,4,6-9,11,13-14H2,1H3,(H,31,37)(H,32,38);1H/t15?,18-,20?,22?;/m1./s1. The fourth-order valence-corrected chi connectivity index (χ4v) is 7.32.